The van der Waals surface area contributed by atoms with Gasteiger partial charge >= 0.3 is 0 Å². The van der Waals surface area contributed by atoms with Gasteiger partial charge in [-0.1, -0.05) is 61.4 Å². The molecule has 1 heterocycles. The van der Waals surface area contributed by atoms with Crippen LogP contribution in [0.2, 0.25) is 0 Å². The van der Waals surface area contributed by atoms with Gasteiger partial charge in [0.2, 0.25) is 0 Å². The van der Waals surface area contributed by atoms with Crippen molar-refractivity contribution in [1.29, 1.82) is 0 Å². The molecule has 0 unspecified atom stereocenters. The highest BCUT2D eigenvalue weighted by molar-refractivity contribution is 9.08. The van der Waals surface area contributed by atoms with Gasteiger partial charge in [0.25, 0.3) is 0 Å². The fraction of sp³-hybridized carbons (Fsp3) is 0.867. The summed E-state index contributed by atoms with van der Waals surface area (Å²) >= 11 is 3.48. The van der Waals surface area contributed by atoms with Crippen molar-refractivity contribution in [2.75, 3.05) is 0 Å². The zero-order valence-corrected chi connectivity index (χ0v) is 14.2. The molecule has 0 aromatic carbocycles. The second-order valence-electron chi connectivity index (χ2n) is 5.50. The third kappa shape index (κ3) is 5.64. The van der Waals surface area contributed by atoms with Crippen LogP contribution < -0.4 is 0 Å². The standard InChI is InChI=1S/C15H28BrN3/c1-4-5-6-7-8-9-10-11-14-17-18-15(12-16)19(14)13(2)3/h13H,4-12H2,1-3H3. The van der Waals surface area contributed by atoms with Crippen LogP contribution in [0.25, 0.3) is 0 Å². The van der Waals surface area contributed by atoms with E-state index in [1.54, 1.807) is 0 Å². The molecule has 0 radical (unpaired) electrons. The average molecular weight is 330 g/mol. The van der Waals surface area contributed by atoms with E-state index < -0.39 is 0 Å². The largest absolute Gasteiger partial charge is 0.312 e. The molecule has 0 saturated carbocycles. The smallest absolute Gasteiger partial charge is 0.143 e. The first-order valence-electron chi connectivity index (χ1n) is 7.69. The zero-order chi connectivity index (χ0) is 14.1. The highest BCUT2D eigenvalue weighted by atomic mass is 79.9. The normalized spacial score (nSPS) is 11.4. The maximum atomic E-state index is 4.34. The second-order valence-corrected chi connectivity index (χ2v) is 6.06. The van der Waals surface area contributed by atoms with E-state index in [1.165, 1.54) is 44.9 Å². The summed E-state index contributed by atoms with van der Waals surface area (Å²) in [4.78, 5) is 0. The summed E-state index contributed by atoms with van der Waals surface area (Å²) in [5, 5.41) is 9.39. The van der Waals surface area contributed by atoms with Crippen molar-refractivity contribution in [3.05, 3.63) is 11.6 Å². The highest BCUT2D eigenvalue weighted by Gasteiger charge is 2.13. The summed E-state index contributed by atoms with van der Waals surface area (Å²) in [5.41, 5.74) is 0. The molecule has 19 heavy (non-hydrogen) atoms. The van der Waals surface area contributed by atoms with Gasteiger partial charge < -0.3 is 4.57 Å². The molecule has 0 saturated heterocycles. The Labute approximate surface area is 126 Å². The molecular weight excluding hydrogens is 302 g/mol. The topological polar surface area (TPSA) is 30.7 Å². The lowest BCUT2D eigenvalue weighted by atomic mass is 10.1. The zero-order valence-electron chi connectivity index (χ0n) is 12.7. The van der Waals surface area contributed by atoms with Crippen molar-refractivity contribution in [2.45, 2.75) is 83.5 Å². The average Bonchev–Trinajstić information content (AvgIpc) is 2.81. The fourth-order valence-electron chi connectivity index (χ4n) is 2.46. The summed E-state index contributed by atoms with van der Waals surface area (Å²) < 4.78 is 2.27. The van der Waals surface area contributed by atoms with Crippen molar-refractivity contribution in [3.8, 4) is 0 Å². The van der Waals surface area contributed by atoms with Crippen LogP contribution in [-0.4, -0.2) is 14.8 Å². The van der Waals surface area contributed by atoms with E-state index in [0.29, 0.717) is 6.04 Å². The van der Waals surface area contributed by atoms with Crippen LogP contribution in [0.3, 0.4) is 0 Å². The Morgan fingerprint density at radius 2 is 1.53 bits per heavy atom. The van der Waals surface area contributed by atoms with Gasteiger partial charge in [-0.3, -0.25) is 0 Å². The number of rotatable bonds is 10. The number of aromatic nitrogens is 3. The Hall–Kier alpha value is -0.380. The molecular formula is C15H28BrN3. The van der Waals surface area contributed by atoms with Crippen molar-refractivity contribution in [1.82, 2.24) is 14.8 Å². The van der Waals surface area contributed by atoms with Gasteiger partial charge in [-0.25, -0.2) is 0 Å². The molecule has 0 spiro atoms. The Kier molecular flexibility index (Phi) is 8.35. The summed E-state index contributed by atoms with van der Waals surface area (Å²) in [6.07, 6.45) is 10.5. The predicted molar refractivity (Wildman–Crippen MR) is 84.7 cm³/mol. The fourth-order valence-corrected chi connectivity index (χ4v) is 2.84. The lowest BCUT2D eigenvalue weighted by Gasteiger charge is -2.12. The van der Waals surface area contributed by atoms with Gasteiger partial charge in [-0.15, -0.1) is 10.2 Å². The highest BCUT2D eigenvalue weighted by Crippen LogP contribution is 2.16. The third-order valence-electron chi connectivity index (χ3n) is 3.48. The van der Waals surface area contributed by atoms with Crippen LogP contribution in [0, 0.1) is 0 Å². The quantitative estimate of drug-likeness (QED) is 0.444. The predicted octanol–water partition coefficient (Wildman–Crippen LogP) is 5.05. The van der Waals surface area contributed by atoms with Crippen LogP contribution >= 0.6 is 15.9 Å². The van der Waals surface area contributed by atoms with Gasteiger partial charge in [0.15, 0.2) is 0 Å². The van der Waals surface area contributed by atoms with E-state index in [0.717, 1.165) is 23.4 Å². The molecule has 0 aliphatic rings. The van der Waals surface area contributed by atoms with Crippen molar-refractivity contribution in [2.24, 2.45) is 0 Å². The van der Waals surface area contributed by atoms with Crippen LogP contribution in [0.1, 0.15) is 83.4 Å². The molecule has 110 valence electrons. The number of alkyl halides is 1. The van der Waals surface area contributed by atoms with E-state index in [-0.39, 0.29) is 0 Å². The molecule has 0 N–H and O–H groups in total. The van der Waals surface area contributed by atoms with Crippen molar-refractivity contribution < 1.29 is 0 Å². The number of unbranched alkanes of at least 4 members (excludes halogenated alkanes) is 6. The van der Waals surface area contributed by atoms with E-state index in [9.17, 15) is 0 Å². The van der Waals surface area contributed by atoms with Gasteiger partial charge in [0, 0.05) is 12.5 Å². The van der Waals surface area contributed by atoms with Crippen LogP contribution in [0.4, 0.5) is 0 Å². The molecule has 0 aliphatic heterocycles. The summed E-state index contributed by atoms with van der Waals surface area (Å²) in [6.45, 7) is 6.66. The number of halogens is 1. The SMILES string of the molecule is CCCCCCCCCc1nnc(CBr)n1C(C)C. The molecule has 4 heteroatoms. The van der Waals surface area contributed by atoms with Crippen LogP contribution in [0.15, 0.2) is 0 Å². The van der Waals surface area contributed by atoms with Crippen molar-refractivity contribution >= 4 is 15.9 Å². The molecule has 3 nitrogen and oxygen atoms in total. The summed E-state index contributed by atoms with van der Waals surface area (Å²) in [5.74, 6) is 2.20. The number of nitrogens with zero attached hydrogens (tertiary/aromatic N) is 3. The minimum atomic E-state index is 0.446. The molecule has 1 aromatic heterocycles. The van der Waals surface area contributed by atoms with Gasteiger partial charge in [-0.05, 0) is 20.3 Å². The van der Waals surface area contributed by atoms with E-state index in [1.807, 2.05) is 0 Å². The Balaban J connectivity index is 2.31. The van der Waals surface area contributed by atoms with Gasteiger partial charge in [-0.2, -0.15) is 0 Å². The van der Waals surface area contributed by atoms with Crippen LogP contribution in [-0.2, 0) is 11.8 Å². The van der Waals surface area contributed by atoms with Crippen LogP contribution in [0.5, 0.6) is 0 Å². The first kappa shape index (κ1) is 16.7. The maximum absolute atomic E-state index is 4.34. The van der Waals surface area contributed by atoms with Crippen molar-refractivity contribution in [3.63, 3.8) is 0 Å². The molecule has 0 amide bonds. The third-order valence-corrected chi connectivity index (χ3v) is 3.98. The Morgan fingerprint density at radius 1 is 0.947 bits per heavy atom. The molecule has 0 fully saturated rings. The number of hydrogen-bond acceptors (Lipinski definition) is 2. The second kappa shape index (κ2) is 9.51. The molecule has 1 rings (SSSR count). The summed E-state index contributed by atoms with van der Waals surface area (Å²) in [7, 11) is 0. The minimum absolute atomic E-state index is 0.446. The van der Waals surface area contributed by atoms with Gasteiger partial charge in [0.1, 0.15) is 11.6 Å². The first-order valence-corrected chi connectivity index (χ1v) is 8.81. The molecule has 0 bridgehead atoms. The lowest BCUT2D eigenvalue weighted by molar-refractivity contribution is 0.532. The molecule has 1 aromatic rings. The monoisotopic (exact) mass is 329 g/mol. The van der Waals surface area contributed by atoms with E-state index in [2.05, 4.69) is 51.5 Å². The van der Waals surface area contributed by atoms with E-state index in [4.69, 9.17) is 0 Å². The minimum Gasteiger partial charge on any atom is -0.312 e. The Morgan fingerprint density at radius 3 is 2.11 bits per heavy atom. The maximum Gasteiger partial charge on any atom is 0.143 e. The summed E-state index contributed by atoms with van der Waals surface area (Å²) in [6, 6.07) is 0.446. The van der Waals surface area contributed by atoms with Gasteiger partial charge in [0.05, 0.1) is 5.33 Å². The number of hydrogen-bond donors (Lipinski definition) is 0. The first-order chi connectivity index (χ1) is 9.20. The Bertz CT molecular complexity index is 347. The lowest BCUT2D eigenvalue weighted by Crippen LogP contribution is -2.09. The molecule has 0 atom stereocenters. The van der Waals surface area contributed by atoms with E-state index >= 15 is 0 Å². The number of aryl methyl sites for hydroxylation is 1. The molecule has 0 aliphatic carbocycles.